The van der Waals surface area contributed by atoms with E-state index in [0.717, 1.165) is 17.7 Å². The third-order valence-electron chi connectivity index (χ3n) is 2.94. The van der Waals surface area contributed by atoms with E-state index in [1.807, 2.05) is 16.3 Å². The van der Waals surface area contributed by atoms with Crippen LogP contribution in [0.25, 0.3) is 0 Å². The zero-order chi connectivity index (χ0) is 13.7. The van der Waals surface area contributed by atoms with Gasteiger partial charge in [0.25, 0.3) is 5.91 Å². The minimum Gasteiger partial charge on any atom is -0.383 e. The van der Waals surface area contributed by atoms with Gasteiger partial charge >= 0.3 is 0 Å². The summed E-state index contributed by atoms with van der Waals surface area (Å²) in [6.45, 7) is 1.56. The van der Waals surface area contributed by atoms with Crippen molar-refractivity contribution in [3.8, 4) is 11.8 Å². The fraction of sp³-hybridized carbons (Fsp3) is 0.500. The monoisotopic (exact) mass is 278 g/mol. The van der Waals surface area contributed by atoms with Crippen LogP contribution in [0.15, 0.2) is 11.4 Å². The van der Waals surface area contributed by atoms with Gasteiger partial charge < -0.3 is 15.4 Å². The topological polar surface area (TPSA) is 55.6 Å². The van der Waals surface area contributed by atoms with Crippen LogP contribution in [0.2, 0.25) is 0 Å². The quantitative estimate of drug-likeness (QED) is 0.826. The molecule has 1 aromatic rings. The summed E-state index contributed by atoms with van der Waals surface area (Å²) in [5.74, 6) is 5.83. The lowest BCUT2D eigenvalue weighted by molar-refractivity contribution is 0.0680. The number of nitrogens with two attached hydrogens (primary N) is 1. The van der Waals surface area contributed by atoms with Crippen molar-refractivity contribution in [2.45, 2.75) is 18.9 Å². The Bertz CT molecular complexity index is 497. The second-order valence-electron chi connectivity index (χ2n) is 4.43. The maximum atomic E-state index is 12.4. The van der Waals surface area contributed by atoms with Gasteiger partial charge in [0.2, 0.25) is 0 Å². The van der Waals surface area contributed by atoms with Gasteiger partial charge in [0, 0.05) is 25.1 Å². The summed E-state index contributed by atoms with van der Waals surface area (Å²) in [5, 5.41) is 1.87. The summed E-state index contributed by atoms with van der Waals surface area (Å²) in [7, 11) is 1.65. The molecule has 4 nitrogen and oxygen atoms in total. The van der Waals surface area contributed by atoms with Crippen molar-refractivity contribution in [3.63, 3.8) is 0 Å². The standard InChI is InChI=1S/C14H18N2O2S/c1-18-8-7-16(12-4-5-12)14(17)11-9-13(19-10-11)3-2-6-15/h9-10,12H,4-8,15H2,1H3. The maximum absolute atomic E-state index is 12.4. The highest BCUT2D eigenvalue weighted by atomic mass is 32.1. The Morgan fingerprint density at radius 3 is 3.05 bits per heavy atom. The van der Waals surface area contributed by atoms with Crippen molar-refractivity contribution < 1.29 is 9.53 Å². The average Bonchev–Trinajstić information content (AvgIpc) is 3.14. The lowest BCUT2D eigenvalue weighted by Gasteiger charge is -2.21. The van der Waals surface area contributed by atoms with Crippen LogP contribution in [-0.2, 0) is 4.74 Å². The largest absolute Gasteiger partial charge is 0.383 e. The van der Waals surface area contributed by atoms with Crippen molar-refractivity contribution in [3.05, 3.63) is 21.9 Å². The van der Waals surface area contributed by atoms with Gasteiger partial charge in [-0.25, -0.2) is 0 Å². The average molecular weight is 278 g/mol. The Balaban J connectivity index is 2.06. The molecular weight excluding hydrogens is 260 g/mol. The molecule has 0 bridgehead atoms. The van der Waals surface area contributed by atoms with E-state index in [0.29, 0.717) is 31.3 Å². The lowest BCUT2D eigenvalue weighted by Crippen LogP contribution is -2.35. The minimum absolute atomic E-state index is 0.0802. The predicted octanol–water partition coefficient (Wildman–Crippen LogP) is 1.31. The van der Waals surface area contributed by atoms with Gasteiger partial charge in [0.05, 0.1) is 23.6 Å². The number of carbonyl (C=O) groups is 1. The molecule has 2 rings (SSSR count). The number of nitrogens with zero attached hydrogens (tertiary/aromatic N) is 1. The molecule has 0 saturated heterocycles. The number of thiophene rings is 1. The zero-order valence-corrected chi connectivity index (χ0v) is 11.8. The normalized spacial score (nSPS) is 13.8. The molecule has 1 amide bonds. The van der Waals surface area contributed by atoms with Gasteiger partial charge in [-0.3, -0.25) is 4.79 Å². The predicted molar refractivity (Wildman–Crippen MR) is 76.2 cm³/mol. The molecule has 0 aromatic carbocycles. The fourth-order valence-corrected chi connectivity index (χ4v) is 2.59. The van der Waals surface area contributed by atoms with Crippen LogP contribution >= 0.6 is 11.3 Å². The van der Waals surface area contributed by atoms with Gasteiger partial charge in [0.1, 0.15) is 0 Å². The summed E-state index contributed by atoms with van der Waals surface area (Å²) in [6.07, 6.45) is 2.19. The van der Waals surface area contributed by atoms with Crippen molar-refractivity contribution in [1.29, 1.82) is 0 Å². The molecule has 1 saturated carbocycles. The number of amides is 1. The number of ether oxygens (including phenoxy) is 1. The Morgan fingerprint density at radius 2 is 2.42 bits per heavy atom. The zero-order valence-electron chi connectivity index (χ0n) is 11.0. The van der Waals surface area contributed by atoms with Crippen LogP contribution < -0.4 is 5.73 Å². The van der Waals surface area contributed by atoms with Gasteiger partial charge in [-0.05, 0) is 18.9 Å². The highest BCUT2D eigenvalue weighted by molar-refractivity contribution is 7.10. The Morgan fingerprint density at radius 1 is 1.63 bits per heavy atom. The van der Waals surface area contributed by atoms with Crippen molar-refractivity contribution in [1.82, 2.24) is 4.90 Å². The van der Waals surface area contributed by atoms with Crippen molar-refractivity contribution in [2.24, 2.45) is 5.73 Å². The molecule has 0 spiro atoms. The van der Waals surface area contributed by atoms with E-state index < -0.39 is 0 Å². The van der Waals surface area contributed by atoms with E-state index in [1.54, 1.807) is 7.11 Å². The van der Waals surface area contributed by atoms with Crippen molar-refractivity contribution in [2.75, 3.05) is 26.8 Å². The third-order valence-corrected chi connectivity index (χ3v) is 3.79. The van der Waals surface area contributed by atoms with E-state index >= 15 is 0 Å². The van der Waals surface area contributed by atoms with E-state index in [9.17, 15) is 4.79 Å². The molecule has 0 aliphatic heterocycles. The first-order valence-electron chi connectivity index (χ1n) is 6.33. The summed E-state index contributed by atoms with van der Waals surface area (Å²) in [5.41, 5.74) is 6.05. The first-order chi connectivity index (χ1) is 9.26. The van der Waals surface area contributed by atoms with Crippen LogP contribution in [0.4, 0.5) is 0 Å². The van der Waals surface area contributed by atoms with E-state index in [2.05, 4.69) is 11.8 Å². The summed E-state index contributed by atoms with van der Waals surface area (Å²) in [4.78, 5) is 15.2. The van der Waals surface area contributed by atoms with Crippen LogP contribution in [0.1, 0.15) is 28.1 Å². The Kier molecular flexibility index (Phi) is 4.97. The molecule has 0 atom stereocenters. The van der Waals surface area contributed by atoms with Crippen LogP contribution in [0, 0.1) is 11.8 Å². The molecule has 0 radical (unpaired) electrons. The molecule has 1 fully saturated rings. The van der Waals surface area contributed by atoms with Gasteiger partial charge in [-0.15, -0.1) is 11.3 Å². The first kappa shape index (κ1) is 14.1. The molecule has 19 heavy (non-hydrogen) atoms. The Labute approximate surface area is 117 Å². The molecule has 1 aliphatic carbocycles. The van der Waals surface area contributed by atoms with Crippen LogP contribution in [0.5, 0.6) is 0 Å². The van der Waals surface area contributed by atoms with Crippen molar-refractivity contribution >= 4 is 17.2 Å². The molecule has 0 unspecified atom stereocenters. The molecule has 2 N–H and O–H groups in total. The molecule has 1 aliphatic rings. The summed E-state index contributed by atoms with van der Waals surface area (Å²) < 4.78 is 5.07. The molecular formula is C14H18N2O2S. The summed E-state index contributed by atoms with van der Waals surface area (Å²) >= 11 is 1.48. The van der Waals surface area contributed by atoms with Gasteiger partial charge in [-0.2, -0.15) is 0 Å². The number of hydrogen-bond acceptors (Lipinski definition) is 4. The number of carbonyl (C=O) groups excluding carboxylic acids is 1. The fourth-order valence-electron chi connectivity index (χ4n) is 1.84. The van der Waals surface area contributed by atoms with E-state index in [4.69, 9.17) is 10.5 Å². The van der Waals surface area contributed by atoms with Gasteiger partial charge in [-0.1, -0.05) is 11.8 Å². The van der Waals surface area contributed by atoms with E-state index in [-0.39, 0.29) is 5.91 Å². The minimum atomic E-state index is 0.0802. The van der Waals surface area contributed by atoms with E-state index in [1.165, 1.54) is 11.3 Å². The molecule has 102 valence electrons. The second kappa shape index (κ2) is 6.71. The second-order valence-corrected chi connectivity index (χ2v) is 5.34. The highest BCUT2D eigenvalue weighted by Crippen LogP contribution is 2.28. The first-order valence-corrected chi connectivity index (χ1v) is 7.21. The summed E-state index contributed by atoms with van der Waals surface area (Å²) in [6, 6.07) is 2.24. The Hall–Kier alpha value is -1.35. The number of rotatable bonds is 5. The van der Waals surface area contributed by atoms with Crippen LogP contribution in [0.3, 0.4) is 0 Å². The molecule has 1 heterocycles. The highest BCUT2D eigenvalue weighted by Gasteiger charge is 2.32. The third kappa shape index (κ3) is 3.80. The van der Waals surface area contributed by atoms with Gasteiger partial charge in [0.15, 0.2) is 0 Å². The lowest BCUT2D eigenvalue weighted by atomic mass is 10.2. The van der Waals surface area contributed by atoms with Crippen LogP contribution in [-0.4, -0.2) is 43.7 Å². The SMILES string of the molecule is COCCN(C(=O)c1csc(C#CCN)c1)C1CC1. The number of methoxy groups -OCH3 is 1. The molecule has 1 aromatic heterocycles. The maximum Gasteiger partial charge on any atom is 0.255 e. The smallest absolute Gasteiger partial charge is 0.255 e. The molecule has 5 heteroatoms. The number of hydrogen-bond donors (Lipinski definition) is 1.